The maximum atomic E-state index is 5.86. The lowest BCUT2D eigenvalue weighted by Crippen LogP contribution is -2.12. The molecule has 0 spiro atoms. The van der Waals surface area contributed by atoms with Gasteiger partial charge in [-0.25, -0.2) is 0 Å². The summed E-state index contributed by atoms with van der Waals surface area (Å²) in [5, 5.41) is 4.50. The van der Waals surface area contributed by atoms with Gasteiger partial charge in [0.05, 0.1) is 17.0 Å². The van der Waals surface area contributed by atoms with E-state index in [1.54, 1.807) is 0 Å². The van der Waals surface area contributed by atoms with Crippen LogP contribution >= 0.6 is 12.2 Å². The molecule has 20 heavy (non-hydrogen) atoms. The van der Waals surface area contributed by atoms with E-state index in [0.717, 1.165) is 29.9 Å². The third kappa shape index (κ3) is 3.17. The number of hydrogen-bond donors (Lipinski definition) is 1. The van der Waals surface area contributed by atoms with Gasteiger partial charge in [-0.15, -0.1) is 0 Å². The van der Waals surface area contributed by atoms with E-state index < -0.39 is 0 Å². The number of ether oxygens (including phenoxy) is 1. The summed E-state index contributed by atoms with van der Waals surface area (Å²) in [5.74, 6) is 0.710. The zero-order chi connectivity index (χ0) is 14.5. The highest BCUT2D eigenvalue weighted by atomic mass is 32.1. The van der Waals surface area contributed by atoms with Crippen LogP contribution in [0, 0.1) is 0 Å². The van der Waals surface area contributed by atoms with Crippen molar-refractivity contribution in [3.63, 3.8) is 0 Å². The van der Waals surface area contributed by atoms with E-state index >= 15 is 0 Å². The summed E-state index contributed by atoms with van der Waals surface area (Å²) in [4.78, 5) is 0.346. The minimum atomic E-state index is 0.346. The molecule has 2 N–H and O–H groups in total. The molecule has 0 aliphatic carbocycles. The van der Waals surface area contributed by atoms with Crippen LogP contribution in [-0.4, -0.2) is 14.8 Å². The summed E-state index contributed by atoms with van der Waals surface area (Å²) >= 11 is 5.03. The minimum absolute atomic E-state index is 0.346. The molecule has 0 saturated heterocycles. The third-order valence-corrected chi connectivity index (χ3v) is 3.32. The lowest BCUT2D eigenvalue weighted by Gasteiger charge is -2.11. The summed E-state index contributed by atoms with van der Waals surface area (Å²) in [6.07, 6.45) is 0.920. The van der Waals surface area contributed by atoms with Crippen LogP contribution in [0.25, 0.3) is 0 Å². The summed E-state index contributed by atoms with van der Waals surface area (Å²) in [5.41, 5.74) is 8.60. The Labute approximate surface area is 124 Å². The lowest BCUT2D eigenvalue weighted by atomic mass is 10.2. The quantitative estimate of drug-likeness (QED) is 0.831. The molecule has 0 bridgehead atoms. The van der Waals surface area contributed by atoms with Crippen LogP contribution in [0.4, 0.5) is 0 Å². The Bertz CT molecular complexity index is 607. The van der Waals surface area contributed by atoms with Crippen molar-refractivity contribution in [3.8, 4) is 5.75 Å². The van der Waals surface area contributed by atoms with Crippen LogP contribution in [0.5, 0.6) is 5.75 Å². The van der Waals surface area contributed by atoms with E-state index in [2.05, 4.69) is 25.0 Å². The van der Waals surface area contributed by atoms with Crippen LogP contribution < -0.4 is 10.5 Å². The average Bonchev–Trinajstić information content (AvgIpc) is 2.87. The van der Waals surface area contributed by atoms with E-state index in [-0.39, 0.29) is 0 Å². The van der Waals surface area contributed by atoms with Crippen molar-refractivity contribution in [2.45, 2.75) is 33.4 Å². The molecule has 0 fully saturated rings. The molecule has 5 heteroatoms. The smallest absolute Gasteiger partial charge is 0.130 e. The maximum absolute atomic E-state index is 5.86. The van der Waals surface area contributed by atoms with Gasteiger partial charge >= 0.3 is 0 Å². The van der Waals surface area contributed by atoms with Crippen LogP contribution in [0.15, 0.2) is 30.3 Å². The predicted octanol–water partition coefficient (Wildman–Crippen LogP) is 2.68. The Morgan fingerprint density at radius 2 is 2.10 bits per heavy atom. The highest BCUT2D eigenvalue weighted by molar-refractivity contribution is 7.80. The van der Waals surface area contributed by atoms with Gasteiger partial charge in [-0.05, 0) is 31.5 Å². The highest BCUT2D eigenvalue weighted by Crippen LogP contribution is 2.19. The second kappa shape index (κ2) is 6.52. The van der Waals surface area contributed by atoms with Crippen LogP contribution in [-0.2, 0) is 19.6 Å². The molecule has 1 heterocycles. The number of thiocarbonyl (C=S) groups is 1. The molecule has 4 nitrogen and oxygen atoms in total. The Balaban J connectivity index is 2.16. The maximum Gasteiger partial charge on any atom is 0.130 e. The molecule has 2 aromatic rings. The zero-order valence-electron chi connectivity index (χ0n) is 11.8. The number of aromatic nitrogens is 2. The molecule has 0 aliphatic heterocycles. The Morgan fingerprint density at radius 1 is 1.35 bits per heavy atom. The first-order valence-electron chi connectivity index (χ1n) is 6.73. The van der Waals surface area contributed by atoms with Gasteiger partial charge in [0.15, 0.2) is 0 Å². The Morgan fingerprint density at radius 3 is 2.75 bits per heavy atom. The van der Waals surface area contributed by atoms with Gasteiger partial charge in [-0.3, -0.25) is 4.68 Å². The molecule has 0 saturated carbocycles. The molecule has 0 radical (unpaired) electrons. The van der Waals surface area contributed by atoms with Gasteiger partial charge in [0.25, 0.3) is 0 Å². The summed E-state index contributed by atoms with van der Waals surface area (Å²) in [6, 6.07) is 9.62. The van der Waals surface area contributed by atoms with Gasteiger partial charge in [-0.1, -0.05) is 31.3 Å². The summed E-state index contributed by atoms with van der Waals surface area (Å²) < 4.78 is 7.82. The fourth-order valence-electron chi connectivity index (χ4n) is 2.03. The van der Waals surface area contributed by atoms with Gasteiger partial charge in [0, 0.05) is 6.54 Å². The Hall–Kier alpha value is -1.88. The first kappa shape index (κ1) is 14.5. The molecule has 0 unspecified atom stereocenters. The van der Waals surface area contributed by atoms with Crippen molar-refractivity contribution in [1.82, 2.24) is 9.78 Å². The van der Waals surface area contributed by atoms with Crippen molar-refractivity contribution in [2.24, 2.45) is 5.73 Å². The van der Waals surface area contributed by atoms with Crippen LogP contribution in [0.2, 0.25) is 0 Å². The third-order valence-electron chi connectivity index (χ3n) is 3.10. The topological polar surface area (TPSA) is 53.1 Å². The van der Waals surface area contributed by atoms with Crippen molar-refractivity contribution in [2.75, 3.05) is 0 Å². The highest BCUT2D eigenvalue weighted by Gasteiger charge is 2.09. The SMILES string of the molecule is CCc1cc(COc2ccccc2C(N)=S)n(CC)n1. The van der Waals surface area contributed by atoms with Crippen LogP contribution in [0.1, 0.15) is 30.8 Å². The van der Waals surface area contributed by atoms with Crippen molar-refractivity contribution in [1.29, 1.82) is 0 Å². The number of para-hydroxylation sites is 1. The standard InChI is InChI=1S/C15H19N3OS/c1-3-11-9-12(18(4-2)17-11)10-19-14-8-6-5-7-13(14)15(16)20/h5-9H,3-4,10H2,1-2H3,(H2,16,20). The molecule has 1 aromatic carbocycles. The van der Waals surface area contributed by atoms with Gasteiger partial charge < -0.3 is 10.5 Å². The average molecular weight is 289 g/mol. The fourth-order valence-corrected chi connectivity index (χ4v) is 2.19. The summed E-state index contributed by atoms with van der Waals surface area (Å²) in [7, 11) is 0. The number of nitrogens with two attached hydrogens (primary N) is 1. The molecule has 106 valence electrons. The summed E-state index contributed by atoms with van der Waals surface area (Å²) in [6.45, 7) is 5.45. The van der Waals surface area contributed by atoms with Crippen molar-refractivity contribution >= 4 is 17.2 Å². The first-order valence-corrected chi connectivity index (χ1v) is 7.13. The second-order valence-electron chi connectivity index (χ2n) is 4.45. The number of rotatable bonds is 6. The normalized spacial score (nSPS) is 10.5. The van der Waals surface area contributed by atoms with E-state index in [1.807, 2.05) is 28.9 Å². The van der Waals surface area contributed by atoms with Gasteiger partial charge in [0.2, 0.25) is 0 Å². The molecule has 0 atom stereocenters. The van der Waals surface area contributed by atoms with Crippen molar-refractivity contribution < 1.29 is 4.74 Å². The molecule has 1 aromatic heterocycles. The number of hydrogen-bond acceptors (Lipinski definition) is 3. The number of aryl methyl sites for hydroxylation is 2. The molecule has 2 rings (SSSR count). The number of nitrogens with zero attached hydrogens (tertiary/aromatic N) is 2. The largest absolute Gasteiger partial charge is 0.487 e. The lowest BCUT2D eigenvalue weighted by molar-refractivity contribution is 0.292. The second-order valence-corrected chi connectivity index (χ2v) is 4.89. The molecule has 0 amide bonds. The van der Waals surface area contributed by atoms with E-state index in [4.69, 9.17) is 22.7 Å². The predicted molar refractivity (Wildman–Crippen MR) is 83.9 cm³/mol. The molecular weight excluding hydrogens is 270 g/mol. The zero-order valence-corrected chi connectivity index (χ0v) is 12.6. The Kier molecular flexibility index (Phi) is 4.74. The molecule has 0 aliphatic rings. The first-order chi connectivity index (χ1) is 9.65. The van der Waals surface area contributed by atoms with E-state index in [1.165, 1.54) is 0 Å². The fraction of sp³-hybridized carbons (Fsp3) is 0.333. The van der Waals surface area contributed by atoms with E-state index in [0.29, 0.717) is 17.3 Å². The van der Waals surface area contributed by atoms with Crippen molar-refractivity contribution in [3.05, 3.63) is 47.3 Å². The van der Waals surface area contributed by atoms with Gasteiger partial charge in [0.1, 0.15) is 17.3 Å². The number of benzene rings is 1. The van der Waals surface area contributed by atoms with Gasteiger partial charge in [-0.2, -0.15) is 5.10 Å². The molecular formula is C15H19N3OS. The minimum Gasteiger partial charge on any atom is -0.487 e. The monoisotopic (exact) mass is 289 g/mol. The van der Waals surface area contributed by atoms with Crippen LogP contribution in [0.3, 0.4) is 0 Å². The van der Waals surface area contributed by atoms with E-state index in [9.17, 15) is 0 Å².